The zero-order chi connectivity index (χ0) is 13.8. The van der Waals surface area contributed by atoms with Crippen LogP contribution in [0.25, 0.3) is 0 Å². The Labute approximate surface area is 121 Å². The van der Waals surface area contributed by atoms with Crippen LogP contribution < -0.4 is 5.73 Å². The fourth-order valence-electron chi connectivity index (χ4n) is 3.09. The van der Waals surface area contributed by atoms with Gasteiger partial charge in [-0.05, 0) is 43.0 Å². The first-order chi connectivity index (χ1) is 9.08. The Balaban J connectivity index is 2.28. The molecule has 2 unspecified atom stereocenters. The molecule has 1 aliphatic rings. The Bertz CT molecular complexity index is 405. The summed E-state index contributed by atoms with van der Waals surface area (Å²) in [4.78, 5) is 2.55. The third-order valence-electron chi connectivity index (χ3n) is 3.82. The van der Waals surface area contributed by atoms with Gasteiger partial charge in [-0.25, -0.2) is 0 Å². The van der Waals surface area contributed by atoms with Crippen molar-refractivity contribution in [3.8, 4) is 0 Å². The number of benzene rings is 1. The molecule has 2 N–H and O–H groups in total. The molecule has 1 aromatic carbocycles. The van der Waals surface area contributed by atoms with Gasteiger partial charge < -0.3 is 5.73 Å². The van der Waals surface area contributed by atoms with Crippen molar-refractivity contribution in [3.05, 3.63) is 34.9 Å². The van der Waals surface area contributed by atoms with E-state index < -0.39 is 0 Å². The second-order valence-electron chi connectivity index (χ2n) is 6.05. The van der Waals surface area contributed by atoms with Gasteiger partial charge in [-0.1, -0.05) is 44.0 Å². The molecule has 1 aromatic rings. The van der Waals surface area contributed by atoms with Crippen molar-refractivity contribution in [1.29, 1.82) is 0 Å². The van der Waals surface area contributed by atoms with Gasteiger partial charge in [0.25, 0.3) is 0 Å². The fourth-order valence-corrected chi connectivity index (χ4v) is 3.28. The Morgan fingerprint density at radius 3 is 2.84 bits per heavy atom. The number of nitrogens with zero attached hydrogens (tertiary/aromatic N) is 1. The normalized spacial score (nSPS) is 25.5. The Morgan fingerprint density at radius 1 is 1.37 bits per heavy atom. The van der Waals surface area contributed by atoms with Gasteiger partial charge in [0.05, 0.1) is 0 Å². The predicted molar refractivity (Wildman–Crippen MR) is 82.4 cm³/mol. The first kappa shape index (κ1) is 14.8. The van der Waals surface area contributed by atoms with Gasteiger partial charge >= 0.3 is 0 Å². The zero-order valence-corrected chi connectivity index (χ0v) is 12.7. The van der Waals surface area contributed by atoms with Crippen LogP contribution >= 0.6 is 11.6 Å². The van der Waals surface area contributed by atoms with E-state index in [2.05, 4.69) is 30.9 Å². The first-order valence-corrected chi connectivity index (χ1v) is 7.71. The van der Waals surface area contributed by atoms with E-state index in [1.54, 1.807) is 0 Å². The highest BCUT2D eigenvalue weighted by molar-refractivity contribution is 6.30. The minimum absolute atomic E-state index is 0.208. The molecule has 3 heteroatoms. The largest absolute Gasteiger partial charge is 0.326 e. The average molecular weight is 281 g/mol. The number of likely N-dealkylation sites (tertiary alicyclic amines) is 1. The van der Waals surface area contributed by atoms with Crippen LogP contribution in [0.5, 0.6) is 0 Å². The van der Waals surface area contributed by atoms with Crippen molar-refractivity contribution in [1.82, 2.24) is 4.90 Å². The Kier molecular flexibility index (Phi) is 5.26. The molecule has 0 saturated carbocycles. The second kappa shape index (κ2) is 6.74. The van der Waals surface area contributed by atoms with Crippen molar-refractivity contribution < 1.29 is 0 Å². The summed E-state index contributed by atoms with van der Waals surface area (Å²) >= 11 is 6.15. The molecule has 1 heterocycles. The molecule has 2 atom stereocenters. The molecule has 0 aliphatic carbocycles. The van der Waals surface area contributed by atoms with Crippen molar-refractivity contribution in [2.24, 2.45) is 11.7 Å². The summed E-state index contributed by atoms with van der Waals surface area (Å²) in [5.74, 6) is 0.659. The summed E-state index contributed by atoms with van der Waals surface area (Å²) in [6.07, 6.45) is 3.58. The summed E-state index contributed by atoms with van der Waals surface area (Å²) in [6.45, 7) is 6.78. The monoisotopic (exact) mass is 280 g/mol. The van der Waals surface area contributed by atoms with Gasteiger partial charge in [-0.15, -0.1) is 0 Å². The fraction of sp³-hybridized carbons (Fsp3) is 0.625. The van der Waals surface area contributed by atoms with E-state index in [9.17, 15) is 0 Å². The highest BCUT2D eigenvalue weighted by atomic mass is 35.5. The van der Waals surface area contributed by atoms with Crippen molar-refractivity contribution in [2.75, 3.05) is 13.1 Å². The number of rotatable bonds is 3. The summed E-state index contributed by atoms with van der Waals surface area (Å²) in [7, 11) is 0. The van der Waals surface area contributed by atoms with Gasteiger partial charge in [0, 0.05) is 23.7 Å². The summed E-state index contributed by atoms with van der Waals surface area (Å²) in [5.41, 5.74) is 7.71. The average Bonchev–Trinajstić information content (AvgIpc) is 2.50. The molecule has 106 valence electrons. The molecule has 19 heavy (non-hydrogen) atoms. The van der Waals surface area contributed by atoms with Gasteiger partial charge in [-0.3, -0.25) is 4.90 Å². The van der Waals surface area contributed by atoms with E-state index in [-0.39, 0.29) is 6.04 Å². The van der Waals surface area contributed by atoms with E-state index in [0.29, 0.717) is 12.0 Å². The van der Waals surface area contributed by atoms with Crippen LogP contribution in [0.3, 0.4) is 0 Å². The SMILES string of the molecule is CC(C)CN1CCCCC(N)C1c1cccc(Cl)c1. The van der Waals surface area contributed by atoms with Crippen LogP contribution in [0.1, 0.15) is 44.7 Å². The highest BCUT2D eigenvalue weighted by Gasteiger charge is 2.29. The second-order valence-corrected chi connectivity index (χ2v) is 6.48. The standard InChI is InChI=1S/C16H25ClN2/c1-12(2)11-19-9-4-3-8-15(18)16(19)13-6-5-7-14(17)10-13/h5-7,10,12,15-16H,3-4,8-9,11,18H2,1-2H3. The maximum Gasteiger partial charge on any atom is 0.0499 e. The molecule has 2 nitrogen and oxygen atoms in total. The molecule has 1 saturated heterocycles. The summed E-state index contributed by atoms with van der Waals surface area (Å²) in [6, 6.07) is 8.71. The van der Waals surface area contributed by atoms with E-state index in [1.165, 1.54) is 18.4 Å². The molecule has 0 radical (unpaired) electrons. The zero-order valence-electron chi connectivity index (χ0n) is 12.0. The van der Waals surface area contributed by atoms with Crippen molar-refractivity contribution >= 4 is 11.6 Å². The number of nitrogens with two attached hydrogens (primary N) is 1. The maximum absolute atomic E-state index is 6.44. The van der Waals surface area contributed by atoms with E-state index >= 15 is 0 Å². The number of halogens is 1. The predicted octanol–water partition coefficient (Wildman–Crippen LogP) is 3.85. The van der Waals surface area contributed by atoms with Gasteiger partial charge in [0.15, 0.2) is 0 Å². The first-order valence-electron chi connectivity index (χ1n) is 7.33. The quantitative estimate of drug-likeness (QED) is 0.911. The molecule has 1 aliphatic heterocycles. The van der Waals surface area contributed by atoms with Crippen molar-refractivity contribution in [3.63, 3.8) is 0 Å². The van der Waals surface area contributed by atoms with Gasteiger partial charge in [0.1, 0.15) is 0 Å². The summed E-state index contributed by atoms with van der Waals surface area (Å²) in [5, 5.41) is 0.804. The topological polar surface area (TPSA) is 29.3 Å². The lowest BCUT2D eigenvalue weighted by atomic mass is 9.95. The highest BCUT2D eigenvalue weighted by Crippen LogP contribution is 2.31. The van der Waals surface area contributed by atoms with Crippen LogP contribution in [-0.2, 0) is 0 Å². The maximum atomic E-state index is 6.44. The molecule has 1 fully saturated rings. The Morgan fingerprint density at radius 2 is 2.16 bits per heavy atom. The number of hydrogen-bond donors (Lipinski definition) is 1. The van der Waals surface area contributed by atoms with Crippen LogP contribution in [-0.4, -0.2) is 24.0 Å². The minimum atomic E-state index is 0.208. The molecule has 0 spiro atoms. The molecular weight excluding hydrogens is 256 g/mol. The molecule has 0 amide bonds. The molecule has 2 rings (SSSR count). The van der Waals surface area contributed by atoms with Gasteiger partial charge in [-0.2, -0.15) is 0 Å². The lowest BCUT2D eigenvalue weighted by Gasteiger charge is -2.35. The minimum Gasteiger partial charge on any atom is -0.326 e. The van der Waals surface area contributed by atoms with Crippen LogP contribution in [0, 0.1) is 5.92 Å². The third kappa shape index (κ3) is 3.95. The smallest absolute Gasteiger partial charge is 0.0499 e. The van der Waals surface area contributed by atoms with Gasteiger partial charge in [0.2, 0.25) is 0 Å². The third-order valence-corrected chi connectivity index (χ3v) is 4.06. The van der Waals surface area contributed by atoms with Crippen molar-refractivity contribution in [2.45, 2.75) is 45.2 Å². The van der Waals surface area contributed by atoms with E-state index in [1.807, 2.05) is 12.1 Å². The van der Waals surface area contributed by atoms with Crippen LogP contribution in [0.4, 0.5) is 0 Å². The molecule has 0 aromatic heterocycles. The summed E-state index contributed by atoms with van der Waals surface area (Å²) < 4.78 is 0. The molecular formula is C16H25ClN2. The lowest BCUT2D eigenvalue weighted by molar-refractivity contribution is 0.165. The number of hydrogen-bond acceptors (Lipinski definition) is 2. The lowest BCUT2D eigenvalue weighted by Crippen LogP contribution is -2.41. The molecule has 0 bridgehead atoms. The van der Waals surface area contributed by atoms with E-state index in [0.717, 1.165) is 24.5 Å². The van der Waals surface area contributed by atoms with Crippen LogP contribution in [0.2, 0.25) is 5.02 Å². The van der Waals surface area contributed by atoms with Crippen LogP contribution in [0.15, 0.2) is 24.3 Å². The Hall–Kier alpha value is -0.570. The van der Waals surface area contributed by atoms with E-state index in [4.69, 9.17) is 17.3 Å².